The maximum atomic E-state index is 12.9. The molecular weight excluding hydrogens is 370 g/mol. The van der Waals surface area contributed by atoms with E-state index < -0.39 is 18.0 Å². The molecule has 1 atom stereocenters. The molecule has 1 amide bonds. The summed E-state index contributed by atoms with van der Waals surface area (Å²) in [6, 6.07) is 13.5. The number of hydrogen-bond donors (Lipinski definition) is 1. The summed E-state index contributed by atoms with van der Waals surface area (Å²) >= 11 is 0. The second kappa shape index (κ2) is 8.52. The Kier molecular flexibility index (Phi) is 5.87. The Balaban J connectivity index is 1.83. The smallest absolute Gasteiger partial charge is 0.338 e. The van der Waals surface area contributed by atoms with Crippen molar-refractivity contribution >= 4 is 22.8 Å². The van der Waals surface area contributed by atoms with Gasteiger partial charge in [0.1, 0.15) is 5.82 Å². The maximum absolute atomic E-state index is 12.9. The molecule has 1 N–H and O–H groups in total. The second-order valence-electron chi connectivity index (χ2n) is 6.44. The third-order valence-electron chi connectivity index (χ3n) is 4.38. The first kappa shape index (κ1) is 20.0. The van der Waals surface area contributed by atoms with E-state index >= 15 is 0 Å². The Morgan fingerprint density at radius 1 is 1.21 bits per heavy atom. The Morgan fingerprint density at radius 3 is 2.59 bits per heavy atom. The van der Waals surface area contributed by atoms with Gasteiger partial charge in [-0.2, -0.15) is 0 Å². The highest BCUT2D eigenvalue weighted by molar-refractivity contribution is 5.92. The minimum atomic E-state index is -0.934. The predicted molar refractivity (Wildman–Crippen MR) is 110 cm³/mol. The lowest BCUT2D eigenvalue weighted by Gasteiger charge is -2.14. The van der Waals surface area contributed by atoms with Crippen LogP contribution >= 0.6 is 0 Å². The number of carbonyl (C=O) groups is 2. The highest BCUT2D eigenvalue weighted by Gasteiger charge is 2.18. The van der Waals surface area contributed by atoms with Crippen molar-refractivity contribution in [3.8, 4) is 5.69 Å². The minimum absolute atomic E-state index is 0.184. The lowest BCUT2D eigenvalue weighted by molar-refractivity contribution is -0.128. The van der Waals surface area contributed by atoms with Crippen LogP contribution in [0.4, 0.5) is 0 Å². The number of esters is 1. The molecule has 0 aliphatic carbocycles. The first-order chi connectivity index (χ1) is 13.9. The number of para-hydroxylation sites is 1. The standard InChI is InChI=1S/C22H21N3O4/c1-4-13-23-20(26)14(2)29-22(28)16-9-11-17(12-10-16)25-15(3)24-19-8-6-5-7-18(19)21(25)27/h4-12,14H,1,13H2,2-3H3,(H,23,26)/t14-/m0/s1. The number of amides is 1. The SMILES string of the molecule is C=CCNC(=O)[C@H](C)OC(=O)c1ccc(-n2c(C)nc3ccccc3c2=O)cc1. The van der Waals surface area contributed by atoms with Crippen molar-refractivity contribution in [1.29, 1.82) is 0 Å². The molecule has 1 heterocycles. The van der Waals surface area contributed by atoms with E-state index in [0.29, 0.717) is 29.0 Å². The number of aryl methyl sites for hydroxylation is 1. The number of nitrogens with one attached hydrogen (secondary N) is 1. The summed E-state index contributed by atoms with van der Waals surface area (Å²) in [6.07, 6.45) is 0.605. The van der Waals surface area contributed by atoms with Crippen LogP contribution in [0, 0.1) is 6.92 Å². The molecule has 0 bridgehead atoms. The van der Waals surface area contributed by atoms with Gasteiger partial charge in [-0.05, 0) is 50.2 Å². The summed E-state index contributed by atoms with van der Waals surface area (Å²) in [4.78, 5) is 41.4. The summed E-state index contributed by atoms with van der Waals surface area (Å²) in [7, 11) is 0. The minimum Gasteiger partial charge on any atom is -0.449 e. The maximum Gasteiger partial charge on any atom is 0.338 e. The van der Waals surface area contributed by atoms with E-state index in [-0.39, 0.29) is 11.1 Å². The zero-order valence-electron chi connectivity index (χ0n) is 16.2. The van der Waals surface area contributed by atoms with Crippen LogP contribution in [0.25, 0.3) is 16.6 Å². The van der Waals surface area contributed by atoms with E-state index in [0.717, 1.165) is 0 Å². The van der Waals surface area contributed by atoms with E-state index in [2.05, 4.69) is 16.9 Å². The molecule has 3 aromatic rings. The largest absolute Gasteiger partial charge is 0.449 e. The van der Waals surface area contributed by atoms with Crippen LogP contribution in [0.5, 0.6) is 0 Å². The number of carbonyl (C=O) groups excluding carboxylic acids is 2. The van der Waals surface area contributed by atoms with Crippen molar-refractivity contribution in [3.05, 3.63) is 82.9 Å². The molecule has 0 unspecified atom stereocenters. The lowest BCUT2D eigenvalue weighted by Crippen LogP contribution is -2.35. The topological polar surface area (TPSA) is 90.3 Å². The van der Waals surface area contributed by atoms with E-state index in [9.17, 15) is 14.4 Å². The third-order valence-corrected chi connectivity index (χ3v) is 4.38. The van der Waals surface area contributed by atoms with Crippen molar-refractivity contribution in [2.45, 2.75) is 20.0 Å². The highest BCUT2D eigenvalue weighted by Crippen LogP contribution is 2.14. The van der Waals surface area contributed by atoms with Gasteiger partial charge in [-0.25, -0.2) is 9.78 Å². The number of ether oxygens (including phenoxy) is 1. The summed E-state index contributed by atoms with van der Waals surface area (Å²) < 4.78 is 6.67. The van der Waals surface area contributed by atoms with Gasteiger partial charge in [-0.15, -0.1) is 6.58 Å². The van der Waals surface area contributed by atoms with E-state index in [1.807, 2.05) is 6.07 Å². The molecule has 0 radical (unpaired) electrons. The fraction of sp³-hybridized carbons (Fsp3) is 0.182. The first-order valence-corrected chi connectivity index (χ1v) is 9.11. The first-order valence-electron chi connectivity index (χ1n) is 9.11. The molecule has 0 saturated heterocycles. The van der Waals surface area contributed by atoms with Crippen LogP contribution in [0.15, 0.2) is 66.0 Å². The fourth-order valence-corrected chi connectivity index (χ4v) is 2.89. The van der Waals surface area contributed by atoms with E-state index in [4.69, 9.17) is 4.74 Å². The number of aromatic nitrogens is 2. The second-order valence-corrected chi connectivity index (χ2v) is 6.44. The van der Waals surface area contributed by atoms with Gasteiger partial charge >= 0.3 is 5.97 Å². The Labute approximate surface area is 167 Å². The van der Waals surface area contributed by atoms with Crippen molar-refractivity contribution in [2.24, 2.45) is 0 Å². The average molecular weight is 391 g/mol. The molecule has 7 heteroatoms. The molecule has 1 aromatic heterocycles. The molecular formula is C22H21N3O4. The summed E-state index contributed by atoms with van der Waals surface area (Å²) in [5.74, 6) is -0.491. The van der Waals surface area contributed by atoms with Gasteiger partial charge in [0.25, 0.3) is 11.5 Å². The highest BCUT2D eigenvalue weighted by atomic mass is 16.5. The quantitative estimate of drug-likeness (QED) is 0.515. The average Bonchev–Trinajstić information content (AvgIpc) is 2.72. The molecule has 0 saturated carbocycles. The van der Waals surface area contributed by atoms with Crippen molar-refractivity contribution in [2.75, 3.05) is 6.54 Å². The molecule has 7 nitrogen and oxygen atoms in total. The van der Waals surface area contributed by atoms with Gasteiger partial charge in [0.05, 0.1) is 22.2 Å². The van der Waals surface area contributed by atoms with Crippen molar-refractivity contribution in [1.82, 2.24) is 14.9 Å². The number of nitrogens with zero attached hydrogens (tertiary/aromatic N) is 2. The van der Waals surface area contributed by atoms with E-state index in [1.165, 1.54) is 17.6 Å². The molecule has 3 rings (SSSR count). The zero-order valence-corrected chi connectivity index (χ0v) is 16.2. The van der Waals surface area contributed by atoms with Crippen LogP contribution in [-0.2, 0) is 9.53 Å². The zero-order chi connectivity index (χ0) is 21.0. The Morgan fingerprint density at radius 2 is 1.90 bits per heavy atom. The number of fused-ring (bicyclic) bond motifs is 1. The van der Waals surface area contributed by atoms with Crippen LogP contribution in [0.2, 0.25) is 0 Å². The monoisotopic (exact) mass is 391 g/mol. The molecule has 148 valence electrons. The number of hydrogen-bond acceptors (Lipinski definition) is 5. The van der Waals surface area contributed by atoms with Crippen LogP contribution in [0.3, 0.4) is 0 Å². The Bertz CT molecular complexity index is 1130. The molecule has 29 heavy (non-hydrogen) atoms. The molecule has 0 aliphatic heterocycles. The molecule has 0 fully saturated rings. The van der Waals surface area contributed by atoms with Gasteiger partial charge < -0.3 is 10.1 Å². The van der Waals surface area contributed by atoms with E-state index in [1.54, 1.807) is 49.4 Å². The number of benzene rings is 2. The van der Waals surface area contributed by atoms with Gasteiger partial charge in [0.2, 0.25) is 0 Å². The van der Waals surface area contributed by atoms with Gasteiger partial charge in [0, 0.05) is 6.54 Å². The van der Waals surface area contributed by atoms with Gasteiger partial charge in [-0.3, -0.25) is 14.2 Å². The molecule has 0 spiro atoms. The van der Waals surface area contributed by atoms with Crippen LogP contribution in [-0.4, -0.2) is 34.1 Å². The summed E-state index contributed by atoms with van der Waals surface area (Å²) in [6.45, 7) is 7.05. The fourth-order valence-electron chi connectivity index (χ4n) is 2.89. The Hall–Kier alpha value is -3.74. The lowest BCUT2D eigenvalue weighted by atomic mass is 10.2. The third kappa shape index (κ3) is 4.24. The summed E-state index contributed by atoms with van der Waals surface area (Å²) in [5.41, 5.74) is 1.31. The van der Waals surface area contributed by atoms with Crippen molar-refractivity contribution < 1.29 is 14.3 Å². The van der Waals surface area contributed by atoms with Gasteiger partial charge in [0.15, 0.2) is 6.10 Å². The predicted octanol–water partition coefficient (Wildman–Crippen LogP) is 2.54. The van der Waals surface area contributed by atoms with Gasteiger partial charge in [-0.1, -0.05) is 18.2 Å². The number of rotatable bonds is 6. The van der Waals surface area contributed by atoms with Crippen LogP contribution < -0.4 is 10.9 Å². The normalized spacial score (nSPS) is 11.7. The molecule has 2 aromatic carbocycles. The summed E-state index contributed by atoms with van der Waals surface area (Å²) in [5, 5.41) is 3.08. The van der Waals surface area contributed by atoms with Crippen molar-refractivity contribution in [3.63, 3.8) is 0 Å². The molecule has 0 aliphatic rings. The van der Waals surface area contributed by atoms with Crippen LogP contribution in [0.1, 0.15) is 23.1 Å².